The van der Waals surface area contributed by atoms with Crippen molar-refractivity contribution in [3.63, 3.8) is 0 Å². The largest absolute Gasteiger partial charge is 0.383 e. The molecule has 0 amide bonds. The number of nitrogen functional groups attached to an aromatic ring is 1. The number of hydrogen-bond acceptors (Lipinski definition) is 4. The van der Waals surface area contributed by atoms with Crippen LogP contribution in [0.4, 0.5) is 5.82 Å². The number of ether oxygens (including phenoxy) is 1. The maximum atomic E-state index is 5.63. The molecule has 4 nitrogen and oxygen atoms in total. The van der Waals surface area contributed by atoms with Gasteiger partial charge in [0.2, 0.25) is 0 Å². The molecule has 70 valence electrons. The molecule has 5 heteroatoms. The maximum Gasteiger partial charge on any atom is 0.159 e. The van der Waals surface area contributed by atoms with E-state index in [2.05, 4.69) is 25.9 Å². The molecule has 0 spiro atoms. The first-order valence-electron chi connectivity index (χ1n) is 4.17. The van der Waals surface area contributed by atoms with Crippen LogP contribution in [0.15, 0.2) is 10.7 Å². The smallest absolute Gasteiger partial charge is 0.159 e. The molecule has 1 aliphatic heterocycles. The van der Waals surface area contributed by atoms with Crippen LogP contribution in [0.2, 0.25) is 0 Å². The third-order valence-corrected chi connectivity index (χ3v) is 2.62. The molecule has 1 unspecified atom stereocenters. The first-order chi connectivity index (χ1) is 6.27. The molecular formula is C8H10BrN3O. The summed E-state index contributed by atoms with van der Waals surface area (Å²) in [7, 11) is 0. The van der Waals surface area contributed by atoms with E-state index in [0.29, 0.717) is 11.6 Å². The molecule has 2 rings (SSSR count). The lowest BCUT2D eigenvalue weighted by Crippen LogP contribution is -2.05. The van der Waals surface area contributed by atoms with Crippen molar-refractivity contribution in [2.24, 2.45) is 0 Å². The molecule has 1 saturated heterocycles. The SMILES string of the molecule is Nc1nc(C2CCCO2)ncc1Br. The van der Waals surface area contributed by atoms with Crippen LogP contribution in [-0.4, -0.2) is 16.6 Å². The van der Waals surface area contributed by atoms with E-state index in [9.17, 15) is 0 Å². The van der Waals surface area contributed by atoms with Gasteiger partial charge in [0.25, 0.3) is 0 Å². The zero-order valence-corrected chi connectivity index (χ0v) is 8.62. The lowest BCUT2D eigenvalue weighted by atomic mass is 10.2. The molecule has 13 heavy (non-hydrogen) atoms. The lowest BCUT2D eigenvalue weighted by molar-refractivity contribution is 0.105. The van der Waals surface area contributed by atoms with E-state index in [4.69, 9.17) is 10.5 Å². The van der Waals surface area contributed by atoms with Crippen molar-refractivity contribution < 1.29 is 4.74 Å². The van der Waals surface area contributed by atoms with Crippen LogP contribution in [0.3, 0.4) is 0 Å². The van der Waals surface area contributed by atoms with Gasteiger partial charge >= 0.3 is 0 Å². The van der Waals surface area contributed by atoms with Gasteiger partial charge in [0.1, 0.15) is 11.9 Å². The van der Waals surface area contributed by atoms with Gasteiger partial charge in [-0.15, -0.1) is 0 Å². The van der Waals surface area contributed by atoms with Crippen molar-refractivity contribution in [2.45, 2.75) is 18.9 Å². The fourth-order valence-corrected chi connectivity index (χ4v) is 1.52. The second-order valence-electron chi connectivity index (χ2n) is 2.96. The Morgan fingerprint density at radius 3 is 3.08 bits per heavy atom. The van der Waals surface area contributed by atoms with Gasteiger partial charge in [-0.3, -0.25) is 0 Å². The highest BCUT2D eigenvalue weighted by atomic mass is 79.9. The highest BCUT2D eigenvalue weighted by molar-refractivity contribution is 9.10. The van der Waals surface area contributed by atoms with E-state index < -0.39 is 0 Å². The van der Waals surface area contributed by atoms with E-state index in [0.717, 1.165) is 23.9 Å². The van der Waals surface area contributed by atoms with Crippen molar-refractivity contribution in [2.75, 3.05) is 12.3 Å². The topological polar surface area (TPSA) is 61.0 Å². The number of hydrogen-bond donors (Lipinski definition) is 1. The molecule has 0 radical (unpaired) electrons. The van der Waals surface area contributed by atoms with E-state index in [1.807, 2.05) is 0 Å². The molecule has 0 aromatic carbocycles. The summed E-state index contributed by atoms with van der Waals surface area (Å²) in [5, 5.41) is 0. The average molecular weight is 244 g/mol. The Morgan fingerprint density at radius 1 is 1.62 bits per heavy atom. The lowest BCUT2D eigenvalue weighted by Gasteiger charge is -2.07. The van der Waals surface area contributed by atoms with E-state index in [1.54, 1.807) is 6.20 Å². The normalized spacial score (nSPS) is 22.1. The van der Waals surface area contributed by atoms with Crippen LogP contribution in [-0.2, 0) is 4.74 Å². The minimum Gasteiger partial charge on any atom is -0.383 e. The Morgan fingerprint density at radius 2 is 2.46 bits per heavy atom. The van der Waals surface area contributed by atoms with Crippen molar-refractivity contribution in [3.05, 3.63) is 16.5 Å². The molecular weight excluding hydrogens is 234 g/mol. The van der Waals surface area contributed by atoms with E-state index >= 15 is 0 Å². The summed E-state index contributed by atoms with van der Waals surface area (Å²) in [5.74, 6) is 1.17. The molecule has 1 fully saturated rings. The molecule has 0 saturated carbocycles. The predicted molar refractivity (Wildman–Crippen MR) is 52.1 cm³/mol. The fraction of sp³-hybridized carbons (Fsp3) is 0.500. The van der Waals surface area contributed by atoms with Crippen molar-refractivity contribution >= 4 is 21.7 Å². The second-order valence-corrected chi connectivity index (χ2v) is 3.82. The predicted octanol–water partition coefficient (Wildman–Crippen LogP) is 1.67. The number of rotatable bonds is 1. The van der Waals surface area contributed by atoms with Gasteiger partial charge in [0.15, 0.2) is 5.82 Å². The number of aromatic nitrogens is 2. The van der Waals surface area contributed by atoms with Crippen molar-refractivity contribution in [3.8, 4) is 0 Å². The molecule has 1 aromatic heterocycles. The minimum atomic E-state index is 0.0374. The molecule has 0 aliphatic carbocycles. The Hall–Kier alpha value is -0.680. The standard InChI is InChI=1S/C8H10BrN3O/c9-5-4-11-8(12-7(5)10)6-2-1-3-13-6/h4,6H,1-3H2,(H2,10,11,12). The third-order valence-electron chi connectivity index (χ3n) is 2.01. The number of nitrogens with two attached hydrogens (primary N) is 1. The van der Waals surface area contributed by atoms with Crippen LogP contribution >= 0.6 is 15.9 Å². The molecule has 2 heterocycles. The highest BCUT2D eigenvalue weighted by Crippen LogP contribution is 2.27. The monoisotopic (exact) mass is 243 g/mol. The van der Waals surface area contributed by atoms with Crippen molar-refractivity contribution in [1.82, 2.24) is 9.97 Å². The number of anilines is 1. The van der Waals surface area contributed by atoms with Gasteiger partial charge in [-0.2, -0.15) is 0 Å². The van der Waals surface area contributed by atoms with Crippen molar-refractivity contribution in [1.29, 1.82) is 0 Å². The van der Waals surface area contributed by atoms with E-state index in [-0.39, 0.29) is 6.10 Å². The highest BCUT2D eigenvalue weighted by Gasteiger charge is 2.20. The zero-order valence-electron chi connectivity index (χ0n) is 7.03. The average Bonchev–Trinajstić information content (AvgIpc) is 2.62. The van der Waals surface area contributed by atoms with Gasteiger partial charge < -0.3 is 10.5 Å². The number of nitrogens with zero attached hydrogens (tertiary/aromatic N) is 2. The van der Waals surface area contributed by atoms with Gasteiger partial charge in [-0.1, -0.05) is 0 Å². The molecule has 1 aliphatic rings. The summed E-state index contributed by atoms with van der Waals surface area (Å²) in [6.07, 6.45) is 3.76. The summed E-state index contributed by atoms with van der Waals surface area (Å²) in [5.41, 5.74) is 5.63. The molecule has 1 atom stereocenters. The summed E-state index contributed by atoms with van der Waals surface area (Å²) in [6, 6.07) is 0. The molecule has 1 aromatic rings. The van der Waals surface area contributed by atoms with Gasteiger partial charge in [-0.25, -0.2) is 9.97 Å². The zero-order chi connectivity index (χ0) is 9.26. The Kier molecular flexibility index (Phi) is 2.46. The quantitative estimate of drug-likeness (QED) is 0.816. The van der Waals surface area contributed by atoms with Crippen LogP contribution in [0, 0.1) is 0 Å². The fourth-order valence-electron chi connectivity index (χ4n) is 1.33. The summed E-state index contributed by atoms with van der Waals surface area (Å²) < 4.78 is 6.17. The Labute approximate surface area is 84.6 Å². The van der Waals surface area contributed by atoms with Crippen LogP contribution < -0.4 is 5.73 Å². The third kappa shape index (κ3) is 1.81. The van der Waals surface area contributed by atoms with Crippen LogP contribution in [0.1, 0.15) is 24.8 Å². The maximum absolute atomic E-state index is 5.63. The molecule has 2 N–H and O–H groups in total. The van der Waals surface area contributed by atoms with E-state index in [1.165, 1.54) is 0 Å². The summed E-state index contributed by atoms with van der Waals surface area (Å²) in [6.45, 7) is 0.796. The van der Waals surface area contributed by atoms with Gasteiger partial charge in [-0.05, 0) is 28.8 Å². The van der Waals surface area contributed by atoms with Crippen LogP contribution in [0.5, 0.6) is 0 Å². The first kappa shape index (κ1) is 8.90. The summed E-state index contributed by atoms with van der Waals surface area (Å²) >= 11 is 3.25. The number of halogens is 1. The summed E-state index contributed by atoms with van der Waals surface area (Å²) in [4.78, 5) is 8.31. The first-order valence-corrected chi connectivity index (χ1v) is 4.96. The van der Waals surface area contributed by atoms with Gasteiger partial charge in [0, 0.05) is 12.8 Å². The van der Waals surface area contributed by atoms with Crippen LogP contribution in [0.25, 0.3) is 0 Å². The Bertz CT molecular complexity index is 312. The Balaban J connectivity index is 2.25. The van der Waals surface area contributed by atoms with Gasteiger partial charge in [0.05, 0.1) is 4.47 Å². The molecule has 0 bridgehead atoms. The minimum absolute atomic E-state index is 0.0374. The second kappa shape index (κ2) is 3.59.